The van der Waals surface area contributed by atoms with Gasteiger partial charge in [0, 0.05) is 50.6 Å². The molecule has 1 fully saturated rings. The summed E-state index contributed by atoms with van der Waals surface area (Å²) in [6.07, 6.45) is 6.09. The molecule has 4 rings (SSSR count). The molecule has 3 heterocycles. The summed E-state index contributed by atoms with van der Waals surface area (Å²) < 4.78 is 12.9. The van der Waals surface area contributed by atoms with Crippen molar-refractivity contribution in [2.45, 2.75) is 25.3 Å². The second-order valence-corrected chi connectivity index (χ2v) is 6.52. The third kappa shape index (κ3) is 3.48. The quantitative estimate of drug-likeness (QED) is 0.679. The molecule has 26 heavy (non-hydrogen) atoms. The number of aromatic nitrogens is 4. The lowest BCUT2D eigenvalue weighted by molar-refractivity contribution is 0.185. The minimum Gasteiger partial charge on any atom is -0.383 e. The van der Waals surface area contributed by atoms with Gasteiger partial charge in [-0.3, -0.25) is 0 Å². The third-order valence-electron chi connectivity index (χ3n) is 4.79. The summed E-state index contributed by atoms with van der Waals surface area (Å²) in [6.45, 7) is 3.29. The minimum absolute atomic E-state index is 0.356. The Morgan fingerprint density at radius 1 is 1.27 bits per heavy atom. The zero-order valence-electron chi connectivity index (χ0n) is 14.9. The number of methoxy groups -OCH3 is 1. The number of ether oxygens (including phenoxy) is 1. The average molecular weight is 353 g/mol. The molecule has 1 saturated heterocycles. The molecule has 136 valence electrons. The molecule has 7 nitrogen and oxygen atoms in total. The maximum Gasteiger partial charge on any atom is 0.266 e. The van der Waals surface area contributed by atoms with Gasteiger partial charge >= 0.3 is 0 Å². The van der Waals surface area contributed by atoms with E-state index in [1.54, 1.807) is 7.11 Å². The number of hydrogen-bond donors (Lipinski definition) is 0. The molecule has 1 unspecified atom stereocenters. The van der Waals surface area contributed by atoms with E-state index in [0.717, 1.165) is 43.9 Å². The van der Waals surface area contributed by atoms with Crippen molar-refractivity contribution in [3.05, 3.63) is 48.5 Å². The molecule has 1 aliphatic heterocycles. The summed E-state index contributed by atoms with van der Waals surface area (Å²) in [5.41, 5.74) is 0.940. The van der Waals surface area contributed by atoms with Gasteiger partial charge in [-0.1, -0.05) is 18.2 Å². The first-order valence-corrected chi connectivity index (χ1v) is 8.99. The fourth-order valence-corrected chi connectivity index (χ4v) is 3.47. The van der Waals surface area contributed by atoms with Crippen molar-refractivity contribution in [3.63, 3.8) is 0 Å². The summed E-state index contributed by atoms with van der Waals surface area (Å²) in [5.74, 6) is 2.68. The monoisotopic (exact) mass is 353 g/mol. The zero-order valence-corrected chi connectivity index (χ0v) is 14.9. The fraction of sp³-hybridized carbons (Fsp3) is 0.421. The highest BCUT2D eigenvalue weighted by molar-refractivity contribution is 5.54. The van der Waals surface area contributed by atoms with Crippen molar-refractivity contribution in [3.8, 4) is 11.5 Å². The molecule has 0 bridgehead atoms. The number of rotatable bonds is 6. The van der Waals surface area contributed by atoms with Crippen molar-refractivity contribution >= 4 is 5.95 Å². The van der Waals surface area contributed by atoms with E-state index < -0.39 is 0 Å². The standard InChI is InChI=1S/C19H23N5O2/c1-25-13-12-23-11-9-20-17(23)16-8-5-10-24(14-16)19-21-18(26-22-19)15-6-3-2-4-7-15/h2-4,6-7,9,11,16H,5,8,10,12-14H2,1H3. The summed E-state index contributed by atoms with van der Waals surface area (Å²) in [5, 5.41) is 4.20. The van der Waals surface area contributed by atoms with Crippen molar-refractivity contribution in [2.24, 2.45) is 0 Å². The van der Waals surface area contributed by atoms with Crippen LogP contribution in [0, 0.1) is 0 Å². The lowest BCUT2D eigenvalue weighted by atomic mass is 9.97. The van der Waals surface area contributed by atoms with Crippen LogP contribution in [0.4, 0.5) is 5.95 Å². The molecule has 0 saturated carbocycles. The van der Waals surface area contributed by atoms with Gasteiger partial charge in [0.2, 0.25) is 0 Å². The Morgan fingerprint density at radius 3 is 3.00 bits per heavy atom. The molecule has 1 aromatic carbocycles. The first-order chi connectivity index (χ1) is 12.8. The van der Waals surface area contributed by atoms with E-state index in [4.69, 9.17) is 9.26 Å². The Kier molecular flexibility index (Phi) is 4.97. The van der Waals surface area contributed by atoms with E-state index >= 15 is 0 Å². The van der Waals surface area contributed by atoms with Gasteiger partial charge in [0.1, 0.15) is 5.82 Å². The van der Waals surface area contributed by atoms with Crippen LogP contribution in [0.15, 0.2) is 47.2 Å². The van der Waals surface area contributed by atoms with Gasteiger partial charge in [-0.05, 0) is 30.1 Å². The van der Waals surface area contributed by atoms with Crippen LogP contribution in [0.1, 0.15) is 24.6 Å². The number of benzene rings is 1. The number of nitrogens with zero attached hydrogens (tertiary/aromatic N) is 5. The molecule has 0 radical (unpaired) electrons. The van der Waals surface area contributed by atoms with E-state index in [2.05, 4.69) is 24.6 Å². The van der Waals surface area contributed by atoms with Crippen LogP contribution in [-0.2, 0) is 11.3 Å². The maximum absolute atomic E-state index is 5.47. The van der Waals surface area contributed by atoms with E-state index in [1.807, 2.05) is 42.7 Å². The van der Waals surface area contributed by atoms with Gasteiger partial charge in [-0.25, -0.2) is 4.98 Å². The molecule has 2 aromatic heterocycles. The van der Waals surface area contributed by atoms with Crippen molar-refractivity contribution in [1.29, 1.82) is 0 Å². The highest BCUT2D eigenvalue weighted by Gasteiger charge is 2.27. The summed E-state index contributed by atoms with van der Waals surface area (Å²) in [6, 6.07) is 9.86. The molecular formula is C19H23N5O2. The Labute approximate surface area is 152 Å². The Morgan fingerprint density at radius 2 is 2.15 bits per heavy atom. The van der Waals surface area contributed by atoms with Crippen LogP contribution in [0.5, 0.6) is 0 Å². The van der Waals surface area contributed by atoms with Gasteiger partial charge in [0.25, 0.3) is 11.8 Å². The predicted molar refractivity (Wildman–Crippen MR) is 98.0 cm³/mol. The summed E-state index contributed by atoms with van der Waals surface area (Å²) in [4.78, 5) is 11.4. The van der Waals surface area contributed by atoms with Crippen molar-refractivity contribution in [1.82, 2.24) is 19.7 Å². The van der Waals surface area contributed by atoms with Crippen LogP contribution in [-0.4, -0.2) is 46.5 Å². The summed E-state index contributed by atoms with van der Waals surface area (Å²) in [7, 11) is 1.72. The first-order valence-electron chi connectivity index (χ1n) is 8.99. The van der Waals surface area contributed by atoms with Gasteiger partial charge < -0.3 is 18.7 Å². The van der Waals surface area contributed by atoms with Crippen LogP contribution in [0.2, 0.25) is 0 Å². The highest BCUT2D eigenvalue weighted by atomic mass is 16.5. The van der Waals surface area contributed by atoms with E-state index in [-0.39, 0.29) is 0 Å². The summed E-state index contributed by atoms with van der Waals surface area (Å²) >= 11 is 0. The number of imidazole rings is 1. The first kappa shape index (κ1) is 16.8. The second-order valence-electron chi connectivity index (χ2n) is 6.52. The van der Waals surface area contributed by atoms with Gasteiger partial charge in [0.15, 0.2) is 0 Å². The lowest BCUT2D eigenvalue weighted by Crippen LogP contribution is -2.36. The van der Waals surface area contributed by atoms with Crippen LogP contribution in [0.25, 0.3) is 11.5 Å². The highest BCUT2D eigenvalue weighted by Crippen LogP contribution is 2.29. The van der Waals surface area contributed by atoms with E-state index in [1.165, 1.54) is 0 Å². The Hall–Kier alpha value is -2.67. The topological polar surface area (TPSA) is 69.2 Å². The number of anilines is 1. The van der Waals surface area contributed by atoms with E-state index in [0.29, 0.717) is 24.4 Å². The molecular weight excluding hydrogens is 330 g/mol. The largest absolute Gasteiger partial charge is 0.383 e. The number of piperidine rings is 1. The molecule has 1 aliphatic rings. The van der Waals surface area contributed by atoms with E-state index in [9.17, 15) is 0 Å². The molecule has 0 N–H and O–H groups in total. The predicted octanol–water partition coefficient (Wildman–Crippen LogP) is 2.96. The van der Waals surface area contributed by atoms with Gasteiger partial charge in [-0.2, -0.15) is 4.98 Å². The second kappa shape index (κ2) is 7.70. The molecule has 7 heteroatoms. The lowest BCUT2D eigenvalue weighted by Gasteiger charge is -2.31. The molecule has 1 atom stereocenters. The van der Waals surface area contributed by atoms with Gasteiger partial charge in [0.05, 0.1) is 6.61 Å². The third-order valence-corrected chi connectivity index (χ3v) is 4.79. The molecule has 3 aromatic rings. The maximum atomic E-state index is 5.47. The SMILES string of the molecule is COCCn1ccnc1C1CCCN(c2noc(-c3ccccc3)n2)C1. The van der Waals surface area contributed by atoms with Gasteiger partial charge in [-0.15, -0.1) is 0 Å². The van der Waals surface area contributed by atoms with Crippen LogP contribution in [0.3, 0.4) is 0 Å². The minimum atomic E-state index is 0.356. The molecule has 0 amide bonds. The fourth-order valence-electron chi connectivity index (χ4n) is 3.47. The van der Waals surface area contributed by atoms with Crippen LogP contribution < -0.4 is 4.90 Å². The zero-order chi connectivity index (χ0) is 17.8. The molecule has 0 aliphatic carbocycles. The van der Waals surface area contributed by atoms with Crippen molar-refractivity contribution in [2.75, 3.05) is 31.7 Å². The average Bonchev–Trinajstić information content (AvgIpc) is 3.37. The number of hydrogen-bond acceptors (Lipinski definition) is 6. The Bertz CT molecular complexity index is 829. The van der Waals surface area contributed by atoms with Crippen LogP contribution >= 0.6 is 0 Å². The van der Waals surface area contributed by atoms with Crippen molar-refractivity contribution < 1.29 is 9.26 Å². The normalized spacial score (nSPS) is 17.6. The smallest absolute Gasteiger partial charge is 0.266 e. The molecule has 0 spiro atoms. The Balaban J connectivity index is 1.49.